The van der Waals surface area contributed by atoms with Crippen molar-refractivity contribution in [3.8, 4) is 0 Å². The molecule has 242 valence electrons. The smallest absolute Gasteiger partial charge is 0.404 e. The largest absolute Gasteiger partial charge is 0.481 e. The molecular weight excluding hydrogens is 601 g/mol. The van der Waals surface area contributed by atoms with Crippen molar-refractivity contribution < 1.29 is 23.7 Å². The van der Waals surface area contributed by atoms with Gasteiger partial charge in [-0.3, -0.25) is 14.6 Å². The molecule has 2 N–H and O–H groups in total. The van der Waals surface area contributed by atoms with Crippen molar-refractivity contribution in [1.29, 1.82) is 0 Å². The van der Waals surface area contributed by atoms with Gasteiger partial charge >= 0.3 is 7.12 Å². The van der Waals surface area contributed by atoms with Crippen LogP contribution in [-0.2, 0) is 25.4 Å². The fourth-order valence-corrected chi connectivity index (χ4v) is 8.80. The van der Waals surface area contributed by atoms with Gasteiger partial charge in [0.05, 0.1) is 41.1 Å². The lowest BCUT2D eigenvalue weighted by Gasteiger charge is -2.64. The van der Waals surface area contributed by atoms with E-state index in [-0.39, 0.29) is 54.3 Å². The van der Waals surface area contributed by atoms with Crippen molar-refractivity contribution in [2.24, 2.45) is 28.3 Å². The van der Waals surface area contributed by atoms with Crippen molar-refractivity contribution in [3.05, 3.63) is 58.8 Å². The van der Waals surface area contributed by atoms with Gasteiger partial charge < -0.3 is 24.8 Å². The Morgan fingerprint density at radius 3 is 2.72 bits per heavy atom. The predicted octanol–water partition coefficient (Wildman–Crippen LogP) is 4.98. The second kappa shape index (κ2) is 11.7. The van der Waals surface area contributed by atoms with E-state index >= 15 is 0 Å². The van der Waals surface area contributed by atoms with Crippen molar-refractivity contribution in [2.75, 3.05) is 6.54 Å². The van der Waals surface area contributed by atoms with E-state index < -0.39 is 12.7 Å². The van der Waals surface area contributed by atoms with Gasteiger partial charge in [-0.15, -0.1) is 11.3 Å². The monoisotopic (exact) mass is 643 g/mol. The van der Waals surface area contributed by atoms with Crippen LogP contribution in [0.25, 0.3) is 10.8 Å². The van der Waals surface area contributed by atoms with Crippen LogP contribution in [-0.4, -0.2) is 64.4 Å². The van der Waals surface area contributed by atoms with Gasteiger partial charge in [-0.25, -0.2) is 4.98 Å². The van der Waals surface area contributed by atoms with Gasteiger partial charge in [-0.05, 0) is 60.8 Å². The number of pyridine rings is 1. The third-order valence-corrected chi connectivity index (χ3v) is 11.5. The summed E-state index contributed by atoms with van der Waals surface area (Å²) in [4.78, 5) is 42.3. The zero-order valence-electron chi connectivity index (χ0n) is 27.1. The quantitative estimate of drug-likeness (QED) is 0.299. The van der Waals surface area contributed by atoms with Crippen LogP contribution in [0.3, 0.4) is 0 Å². The maximum Gasteiger partial charge on any atom is 0.481 e. The van der Waals surface area contributed by atoms with E-state index in [1.54, 1.807) is 11.7 Å². The average Bonchev–Trinajstić information content (AvgIpc) is 3.78. The molecule has 12 heteroatoms. The number of hydrogen-bond donors (Lipinski definition) is 2. The van der Waals surface area contributed by atoms with Gasteiger partial charge in [-0.1, -0.05) is 57.1 Å². The lowest BCUT2D eigenvalue weighted by atomic mass is 9.43. The molecule has 0 radical (unpaired) electrons. The van der Waals surface area contributed by atoms with Crippen LogP contribution >= 0.6 is 11.3 Å². The van der Waals surface area contributed by atoms with Crippen LogP contribution < -0.4 is 10.6 Å². The Balaban J connectivity index is 1.07. The molecule has 6 atom stereocenters. The number of rotatable bonds is 10. The number of carbonyl (C=O) groups is 2. The highest BCUT2D eigenvalue weighted by Crippen LogP contribution is 2.65. The molecule has 1 unspecified atom stereocenters. The number of carbonyl (C=O) groups excluding carboxylic acids is 2. The summed E-state index contributed by atoms with van der Waals surface area (Å²) < 4.78 is 13.4. The highest BCUT2D eigenvalue weighted by molar-refractivity contribution is 7.07. The summed E-state index contributed by atoms with van der Waals surface area (Å²) in [6.07, 6.45) is 4.92. The van der Waals surface area contributed by atoms with Gasteiger partial charge in [0.2, 0.25) is 5.60 Å². The Morgan fingerprint density at radius 2 is 1.96 bits per heavy atom. The Labute approximate surface area is 274 Å². The van der Waals surface area contributed by atoms with Crippen LogP contribution in [0, 0.1) is 23.2 Å². The molecule has 3 aliphatic carbocycles. The second-order valence-electron chi connectivity index (χ2n) is 14.7. The fourth-order valence-electron chi connectivity index (χ4n) is 8.24. The van der Waals surface area contributed by atoms with Gasteiger partial charge in [0.25, 0.3) is 11.8 Å². The van der Waals surface area contributed by atoms with Crippen molar-refractivity contribution >= 4 is 46.8 Å². The van der Waals surface area contributed by atoms with E-state index in [1.807, 2.05) is 35.7 Å². The molecule has 2 aromatic heterocycles. The van der Waals surface area contributed by atoms with E-state index in [0.717, 1.165) is 29.3 Å². The first-order valence-corrected chi connectivity index (χ1v) is 17.3. The SMILES string of the molecule is CC(C)C[C@H](NC(=O)C1(Cc2cscn2)CC(CNC(=O)c2nccc3ccccc23)=NO1)B1O[C@@H]2C[C@@H]3C[C@@H](C3(C)C)[C@]2(C)O1. The summed E-state index contributed by atoms with van der Waals surface area (Å²) in [5.41, 5.74) is 1.92. The molecule has 46 heavy (non-hydrogen) atoms. The number of oxime groups is 1. The molecule has 3 aromatic rings. The topological polar surface area (TPSA) is 124 Å². The third kappa shape index (κ3) is 5.42. The van der Waals surface area contributed by atoms with Crippen LogP contribution in [0.4, 0.5) is 0 Å². The number of nitrogens with zero attached hydrogens (tertiary/aromatic N) is 3. The van der Waals surface area contributed by atoms with Gasteiger partial charge in [0.1, 0.15) is 5.69 Å². The van der Waals surface area contributed by atoms with E-state index in [2.05, 4.69) is 60.4 Å². The molecule has 4 fully saturated rings. The highest BCUT2D eigenvalue weighted by Gasteiger charge is 2.68. The number of hydrogen-bond acceptors (Lipinski definition) is 9. The first kappa shape index (κ1) is 31.3. The van der Waals surface area contributed by atoms with E-state index in [1.165, 1.54) is 11.3 Å². The Kier molecular flexibility index (Phi) is 7.96. The van der Waals surface area contributed by atoms with E-state index in [9.17, 15) is 9.59 Å². The summed E-state index contributed by atoms with van der Waals surface area (Å²) in [6, 6.07) is 9.50. The molecule has 10 nitrogen and oxygen atoms in total. The number of fused-ring (bicyclic) bond motifs is 1. The number of aromatic nitrogens is 2. The highest BCUT2D eigenvalue weighted by atomic mass is 32.1. The molecule has 1 aromatic carbocycles. The maximum absolute atomic E-state index is 14.3. The molecule has 1 saturated heterocycles. The Morgan fingerprint density at radius 1 is 1.13 bits per heavy atom. The Hall–Kier alpha value is -3.35. The van der Waals surface area contributed by atoms with Crippen LogP contribution in [0.1, 0.15) is 76.5 Å². The number of benzene rings is 1. The van der Waals surface area contributed by atoms with E-state index in [4.69, 9.17) is 14.1 Å². The number of amides is 2. The lowest BCUT2D eigenvalue weighted by molar-refractivity contribution is -0.199. The number of nitrogens with one attached hydrogen (secondary N) is 2. The van der Waals surface area contributed by atoms with E-state index in [0.29, 0.717) is 35.6 Å². The molecule has 5 aliphatic rings. The standard InChI is InChI=1S/C34H42BN5O5S/c1-20(2)12-28(35-43-27-14-22-13-26(32(22,3)4)33(27,5)44-35)39-31(42)34(16-24-18-46-19-38-24)15-23(40-45-34)17-37-30(41)29-25-9-7-6-8-21(25)10-11-36-29/h6-11,18-20,22,26-28H,12-17H2,1-5H3,(H,37,41)(H,39,42)/t22-,26-,27+,28-,33-,34?/m0/s1. The third-order valence-electron chi connectivity index (χ3n) is 10.9. The average molecular weight is 644 g/mol. The normalized spacial score (nSPS) is 29.9. The second-order valence-corrected chi connectivity index (χ2v) is 15.4. The molecule has 2 bridgehead atoms. The van der Waals surface area contributed by atoms with Crippen LogP contribution in [0.5, 0.6) is 0 Å². The molecule has 8 rings (SSSR count). The first-order valence-electron chi connectivity index (χ1n) is 16.4. The van der Waals surface area contributed by atoms with Gasteiger partial charge in [0.15, 0.2) is 0 Å². The molecule has 2 amide bonds. The predicted molar refractivity (Wildman–Crippen MR) is 177 cm³/mol. The first-order chi connectivity index (χ1) is 22.0. The van der Waals surface area contributed by atoms with Crippen LogP contribution in [0.15, 0.2) is 52.6 Å². The summed E-state index contributed by atoms with van der Waals surface area (Å²) in [5.74, 6) is 0.382. The fraction of sp³-hybridized carbons (Fsp3) is 0.559. The summed E-state index contributed by atoms with van der Waals surface area (Å²) in [6.45, 7) is 11.3. The van der Waals surface area contributed by atoms with Crippen molar-refractivity contribution in [3.63, 3.8) is 0 Å². The molecule has 2 aliphatic heterocycles. The summed E-state index contributed by atoms with van der Waals surface area (Å²) in [7, 11) is -0.554. The lowest BCUT2D eigenvalue weighted by Crippen LogP contribution is -2.65. The summed E-state index contributed by atoms with van der Waals surface area (Å²) in [5, 5.41) is 14.2. The molecular formula is C34H42BN5O5S. The summed E-state index contributed by atoms with van der Waals surface area (Å²) >= 11 is 1.46. The van der Waals surface area contributed by atoms with Crippen molar-refractivity contribution in [2.45, 2.75) is 90.0 Å². The van der Waals surface area contributed by atoms with Crippen LogP contribution in [0.2, 0.25) is 0 Å². The maximum atomic E-state index is 14.3. The van der Waals surface area contributed by atoms with Crippen molar-refractivity contribution in [1.82, 2.24) is 20.6 Å². The molecule has 4 heterocycles. The molecule has 0 spiro atoms. The Bertz CT molecular complexity index is 1660. The molecule has 3 saturated carbocycles. The minimum Gasteiger partial charge on any atom is -0.404 e. The minimum atomic E-state index is -1.32. The zero-order valence-corrected chi connectivity index (χ0v) is 27.9. The number of thiazole rings is 1. The minimum absolute atomic E-state index is 0.0160. The van der Waals surface area contributed by atoms with Gasteiger partial charge in [-0.2, -0.15) is 0 Å². The zero-order chi connectivity index (χ0) is 32.3. The van der Waals surface area contributed by atoms with Gasteiger partial charge in [0, 0.05) is 29.8 Å².